The summed E-state index contributed by atoms with van der Waals surface area (Å²) in [5.74, 6) is 0.974. The van der Waals surface area contributed by atoms with Gasteiger partial charge in [0.25, 0.3) is 0 Å². The molecule has 0 bridgehead atoms. The lowest BCUT2D eigenvalue weighted by Gasteiger charge is -2.24. The molecule has 0 spiro atoms. The van der Waals surface area contributed by atoms with Crippen molar-refractivity contribution in [2.75, 3.05) is 13.7 Å². The monoisotopic (exact) mass is 249 g/mol. The van der Waals surface area contributed by atoms with E-state index in [4.69, 9.17) is 9.47 Å². The lowest BCUT2D eigenvalue weighted by Crippen LogP contribution is -2.31. The first kappa shape index (κ1) is 13.4. The minimum absolute atomic E-state index is 0.153. The third-order valence-electron chi connectivity index (χ3n) is 3.33. The predicted molar refractivity (Wildman–Crippen MR) is 73.0 cm³/mol. The molecule has 1 aromatic rings. The molecule has 0 amide bonds. The molecule has 100 valence electrons. The average Bonchev–Trinajstić information content (AvgIpc) is 3.20. The molecule has 2 unspecified atom stereocenters. The molecule has 1 aromatic carbocycles. The van der Waals surface area contributed by atoms with Crippen molar-refractivity contribution in [3.05, 3.63) is 29.8 Å². The van der Waals surface area contributed by atoms with Gasteiger partial charge in [0.15, 0.2) is 0 Å². The number of methoxy groups -OCH3 is 1. The normalized spacial score (nSPS) is 18.4. The van der Waals surface area contributed by atoms with Gasteiger partial charge in [0.05, 0.1) is 18.2 Å². The van der Waals surface area contributed by atoms with E-state index in [9.17, 15) is 0 Å². The minimum Gasteiger partial charge on any atom is -0.490 e. The first-order chi connectivity index (χ1) is 8.74. The van der Waals surface area contributed by atoms with Gasteiger partial charge < -0.3 is 14.8 Å². The number of rotatable bonds is 7. The number of ether oxygens (including phenoxy) is 2. The summed E-state index contributed by atoms with van der Waals surface area (Å²) in [4.78, 5) is 0. The smallest absolute Gasteiger partial charge is 0.119 e. The number of hydrogen-bond donors (Lipinski definition) is 1. The zero-order chi connectivity index (χ0) is 13.0. The van der Waals surface area contributed by atoms with Gasteiger partial charge in [-0.05, 0) is 44.0 Å². The van der Waals surface area contributed by atoms with Crippen LogP contribution in [0.3, 0.4) is 0 Å². The molecule has 2 atom stereocenters. The Morgan fingerprint density at radius 3 is 2.44 bits per heavy atom. The summed E-state index contributed by atoms with van der Waals surface area (Å²) in [6, 6.07) is 8.59. The van der Waals surface area contributed by atoms with E-state index in [1.165, 1.54) is 18.4 Å². The van der Waals surface area contributed by atoms with E-state index in [0.717, 1.165) is 12.3 Å². The molecule has 1 N–H and O–H groups in total. The summed E-state index contributed by atoms with van der Waals surface area (Å²) in [6.07, 6.45) is 3.00. The fourth-order valence-electron chi connectivity index (χ4n) is 2.04. The zero-order valence-electron chi connectivity index (χ0n) is 11.5. The van der Waals surface area contributed by atoms with Crippen molar-refractivity contribution < 1.29 is 9.47 Å². The summed E-state index contributed by atoms with van der Waals surface area (Å²) in [6.45, 7) is 5.13. The molecule has 1 aliphatic rings. The second-order valence-corrected chi connectivity index (χ2v) is 4.86. The van der Waals surface area contributed by atoms with Gasteiger partial charge in [0, 0.05) is 7.11 Å². The first-order valence-corrected chi connectivity index (χ1v) is 6.77. The van der Waals surface area contributed by atoms with Crippen molar-refractivity contribution in [2.45, 2.75) is 44.9 Å². The van der Waals surface area contributed by atoms with Gasteiger partial charge in [-0.3, -0.25) is 0 Å². The van der Waals surface area contributed by atoms with Gasteiger partial charge in [0.1, 0.15) is 5.75 Å². The van der Waals surface area contributed by atoms with Crippen LogP contribution in [-0.4, -0.2) is 25.9 Å². The highest BCUT2D eigenvalue weighted by atomic mass is 16.5. The van der Waals surface area contributed by atoms with Crippen LogP contribution in [0.1, 0.15) is 38.3 Å². The van der Waals surface area contributed by atoms with Gasteiger partial charge in [-0.2, -0.15) is 0 Å². The molecule has 0 saturated heterocycles. The van der Waals surface area contributed by atoms with E-state index in [0.29, 0.717) is 6.10 Å². The van der Waals surface area contributed by atoms with Crippen LogP contribution in [0.25, 0.3) is 0 Å². The topological polar surface area (TPSA) is 30.5 Å². The summed E-state index contributed by atoms with van der Waals surface area (Å²) in [5.41, 5.74) is 1.24. The highest BCUT2D eigenvalue weighted by molar-refractivity contribution is 5.30. The van der Waals surface area contributed by atoms with E-state index in [1.807, 2.05) is 0 Å². The van der Waals surface area contributed by atoms with Crippen molar-refractivity contribution in [3.8, 4) is 5.75 Å². The average molecular weight is 249 g/mol. The molecule has 3 nitrogen and oxygen atoms in total. The first-order valence-electron chi connectivity index (χ1n) is 6.77. The molecule has 0 heterocycles. The zero-order valence-corrected chi connectivity index (χ0v) is 11.5. The Morgan fingerprint density at radius 2 is 1.94 bits per heavy atom. The lowest BCUT2D eigenvalue weighted by atomic mass is 10.0. The van der Waals surface area contributed by atoms with Crippen LogP contribution in [0.5, 0.6) is 5.75 Å². The molecular weight excluding hydrogens is 226 g/mol. The number of hydrogen-bond acceptors (Lipinski definition) is 3. The van der Waals surface area contributed by atoms with Crippen molar-refractivity contribution in [1.82, 2.24) is 5.32 Å². The highest BCUT2D eigenvalue weighted by Gasteiger charge is 2.23. The molecule has 1 aliphatic carbocycles. The second-order valence-electron chi connectivity index (χ2n) is 4.86. The Bertz CT molecular complexity index is 359. The van der Waals surface area contributed by atoms with Gasteiger partial charge >= 0.3 is 0 Å². The molecule has 1 saturated carbocycles. The summed E-state index contributed by atoms with van der Waals surface area (Å²) in [5, 5.41) is 3.46. The van der Waals surface area contributed by atoms with Gasteiger partial charge in [-0.1, -0.05) is 19.1 Å². The minimum atomic E-state index is 0.153. The molecular formula is C15H23NO2. The maximum Gasteiger partial charge on any atom is 0.119 e. The Hall–Kier alpha value is -1.06. The second kappa shape index (κ2) is 6.21. The Labute approximate surface area is 109 Å². The van der Waals surface area contributed by atoms with Gasteiger partial charge in [-0.25, -0.2) is 0 Å². The van der Waals surface area contributed by atoms with Crippen LogP contribution in [0.2, 0.25) is 0 Å². The molecule has 0 radical (unpaired) electrons. The fourth-order valence-corrected chi connectivity index (χ4v) is 2.04. The predicted octanol–water partition coefficient (Wildman–Crippen LogP) is 2.91. The molecule has 18 heavy (non-hydrogen) atoms. The van der Waals surface area contributed by atoms with Crippen LogP contribution in [0, 0.1) is 0 Å². The standard InChI is InChI=1S/C15H23NO2/c1-4-16-15(11(2)17-3)12-5-7-13(8-6-12)18-14-9-10-14/h5-8,11,14-16H,4,9-10H2,1-3H3. The number of likely N-dealkylation sites (N-methyl/N-ethyl adjacent to an activating group) is 1. The third kappa shape index (κ3) is 3.47. The van der Waals surface area contributed by atoms with E-state index in [2.05, 4.69) is 43.4 Å². The molecule has 0 aromatic heterocycles. The SMILES string of the molecule is CCNC(c1ccc(OC2CC2)cc1)C(C)OC. The van der Waals surface area contributed by atoms with Crippen molar-refractivity contribution in [3.63, 3.8) is 0 Å². The fraction of sp³-hybridized carbons (Fsp3) is 0.600. The summed E-state index contributed by atoms with van der Waals surface area (Å²) in [7, 11) is 1.75. The summed E-state index contributed by atoms with van der Waals surface area (Å²) < 4.78 is 11.2. The molecule has 0 aliphatic heterocycles. The van der Waals surface area contributed by atoms with Crippen molar-refractivity contribution in [1.29, 1.82) is 0 Å². The van der Waals surface area contributed by atoms with Gasteiger partial charge in [-0.15, -0.1) is 0 Å². The Balaban J connectivity index is 2.04. The van der Waals surface area contributed by atoms with E-state index in [1.54, 1.807) is 7.11 Å². The molecule has 2 rings (SSSR count). The largest absolute Gasteiger partial charge is 0.490 e. The highest BCUT2D eigenvalue weighted by Crippen LogP contribution is 2.28. The number of nitrogens with one attached hydrogen (secondary N) is 1. The van der Waals surface area contributed by atoms with Crippen molar-refractivity contribution >= 4 is 0 Å². The van der Waals surface area contributed by atoms with Crippen LogP contribution < -0.4 is 10.1 Å². The summed E-state index contributed by atoms with van der Waals surface area (Å²) >= 11 is 0. The van der Waals surface area contributed by atoms with Crippen LogP contribution >= 0.6 is 0 Å². The maximum atomic E-state index is 5.76. The van der Waals surface area contributed by atoms with E-state index < -0.39 is 0 Å². The number of benzene rings is 1. The third-order valence-corrected chi connectivity index (χ3v) is 3.33. The van der Waals surface area contributed by atoms with Crippen LogP contribution in [0.4, 0.5) is 0 Å². The van der Waals surface area contributed by atoms with E-state index >= 15 is 0 Å². The van der Waals surface area contributed by atoms with Crippen LogP contribution in [-0.2, 0) is 4.74 Å². The molecule has 1 fully saturated rings. The Kier molecular flexibility index (Phi) is 4.61. The van der Waals surface area contributed by atoms with Crippen LogP contribution in [0.15, 0.2) is 24.3 Å². The van der Waals surface area contributed by atoms with E-state index in [-0.39, 0.29) is 12.1 Å². The lowest BCUT2D eigenvalue weighted by molar-refractivity contribution is 0.0835. The maximum absolute atomic E-state index is 5.76. The van der Waals surface area contributed by atoms with Gasteiger partial charge in [0.2, 0.25) is 0 Å². The Morgan fingerprint density at radius 1 is 1.28 bits per heavy atom. The molecule has 3 heteroatoms. The van der Waals surface area contributed by atoms with Crippen molar-refractivity contribution in [2.24, 2.45) is 0 Å². The quantitative estimate of drug-likeness (QED) is 0.806.